The largest absolute Gasteiger partial charge is 1.00 e. The molecule has 0 aromatic rings. The smallest absolute Gasteiger partial charge is 0.185 e. The summed E-state index contributed by atoms with van der Waals surface area (Å²) in [7, 11) is 0. The molecular formula is CBrNNa+. The van der Waals surface area contributed by atoms with Crippen molar-refractivity contribution in [2.75, 3.05) is 0 Å². The molecule has 4 heavy (non-hydrogen) atoms. The molecule has 0 heterocycles. The van der Waals surface area contributed by atoms with Crippen molar-refractivity contribution in [1.29, 1.82) is 5.26 Å². The Hall–Kier alpha value is 0.970. The first-order valence-corrected chi connectivity index (χ1v) is 1.21. The van der Waals surface area contributed by atoms with Crippen molar-refractivity contribution < 1.29 is 29.6 Å². The molecule has 3 heteroatoms. The Morgan fingerprint density at radius 2 is 1.75 bits per heavy atom. The molecule has 0 saturated carbocycles. The van der Waals surface area contributed by atoms with Crippen LogP contribution in [0.1, 0.15) is 0 Å². The molecule has 0 saturated heterocycles. The van der Waals surface area contributed by atoms with E-state index in [2.05, 4.69) is 15.9 Å². The van der Waals surface area contributed by atoms with E-state index in [4.69, 9.17) is 5.26 Å². The Labute approximate surface area is 55.4 Å². The van der Waals surface area contributed by atoms with E-state index in [1.807, 2.05) is 0 Å². The van der Waals surface area contributed by atoms with Gasteiger partial charge in [0.05, 0.1) is 0 Å². The van der Waals surface area contributed by atoms with Gasteiger partial charge in [0, 0.05) is 15.9 Å². The third-order valence-electron chi connectivity index (χ3n) is 0. The molecule has 1 nitrogen and oxygen atoms in total. The zero-order valence-corrected chi connectivity index (χ0v) is 5.91. The van der Waals surface area contributed by atoms with E-state index < -0.39 is 0 Å². The summed E-state index contributed by atoms with van der Waals surface area (Å²) in [5.41, 5.74) is 0. The number of rotatable bonds is 0. The van der Waals surface area contributed by atoms with Crippen LogP contribution in [-0.2, 0) is 0 Å². The fourth-order valence-corrected chi connectivity index (χ4v) is 0. The molecule has 0 spiro atoms. The fraction of sp³-hybridized carbons (Fsp3) is 0. The zero-order valence-electron chi connectivity index (χ0n) is 2.33. The van der Waals surface area contributed by atoms with Crippen LogP contribution < -0.4 is 29.6 Å². The zero-order chi connectivity index (χ0) is 2.71. The summed E-state index contributed by atoms with van der Waals surface area (Å²) < 4.78 is 0. The Bertz CT molecular complexity index is 29.5. The van der Waals surface area contributed by atoms with Gasteiger partial charge < -0.3 is 0 Å². The molecule has 0 aliphatic rings. The van der Waals surface area contributed by atoms with Crippen LogP contribution >= 0.6 is 15.9 Å². The Balaban J connectivity index is 0. The summed E-state index contributed by atoms with van der Waals surface area (Å²) in [6.45, 7) is 0. The average molecular weight is 129 g/mol. The van der Waals surface area contributed by atoms with Gasteiger partial charge in [0.2, 0.25) is 0 Å². The monoisotopic (exact) mass is 128 g/mol. The second kappa shape index (κ2) is 9.02. The minimum absolute atomic E-state index is 0. The number of nitrogens with zero attached hydrogens (tertiary/aromatic N) is 1. The van der Waals surface area contributed by atoms with Crippen LogP contribution in [0.4, 0.5) is 0 Å². The number of nitriles is 1. The fourth-order valence-electron chi connectivity index (χ4n) is 0. The van der Waals surface area contributed by atoms with Gasteiger partial charge in [-0.3, -0.25) is 0 Å². The molecule has 0 unspecified atom stereocenters. The second-order valence-electron chi connectivity index (χ2n) is 0.0845. The molecule has 0 radical (unpaired) electrons. The van der Waals surface area contributed by atoms with Gasteiger partial charge in [-0.05, 0) is 0 Å². The van der Waals surface area contributed by atoms with Crippen LogP contribution in [0.3, 0.4) is 0 Å². The molecule has 16 valence electrons. The maximum atomic E-state index is 7.24. The molecule has 0 aromatic heterocycles. The van der Waals surface area contributed by atoms with Gasteiger partial charge in [-0.15, -0.1) is 0 Å². The van der Waals surface area contributed by atoms with Gasteiger partial charge in [0.25, 0.3) is 0 Å². The SMILES string of the molecule is N#CBr.[Na+]. The quantitative estimate of drug-likeness (QED) is 0.342. The summed E-state index contributed by atoms with van der Waals surface area (Å²) in [6.07, 6.45) is 0. The number of halogens is 1. The predicted octanol–water partition coefficient (Wildman–Crippen LogP) is -2.13. The molecule has 0 bridgehead atoms. The van der Waals surface area contributed by atoms with Crippen LogP contribution in [0, 0.1) is 10.2 Å². The van der Waals surface area contributed by atoms with Crippen LogP contribution in [0.15, 0.2) is 0 Å². The van der Waals surface area contributed by atoms with Crippen LogP contribution in [-0.4, -0.2) is 0 Å². The number of hydrogen-bond donors (Lipinski definition) is 0. The first kappa shape index (κ1) is 8.88. The van der Waals surface area contributed by atoms with Crippen molar-refractivity contribution in [2.45, 2.75) is 0 Å². The molecule has 0 rings (SSSR count). The summed E-state index contributed by atoms with van der Waals surface area (Å²) in [5.74, 6) is 0. The van der Waals surface area contributed by atoms with Crippen molar-refractivity contribution in [3.63, 3.8) is 0 Å². The van der Waals surface area contributed by atoms with E-state index in [1.165, 1.54) is 0 Å². The van der Waals surface area contributed by atoms with E-state index in [0.29, 0.717) is 0 Å². The van der Waals surface area contributed by atoms with E-state index in [9.17, 15) is 0 Å². The van der Waals surface area contributed by atoms with Crippen LogP contribution in [0.5, 0.6) is 0 Å². The standard InChI is InChI=1S/CBrN.Na/c2-1-3;/q;+1. The topological polar surface area (TPSA) is 23.8 Å². The summed E-state index contributed by atoms with van der Waals surface area (Å²) in [5, 5.41) is 7.24. The van der Waals surface area contributed by atoms with E-state index in [0.717, 1.165) is 0 Å². The van der Waals surface area contributed by atoms with E-state index in [1.54, 1.807) is 4.98 Å². The molecule has 0 aliphatic heterocycles. The molecule has 0 aromatic carbocycles. The van der Waals surface area contributed by atoms with Gasteiger partial charge in [-0.2, -0.15) is 5.26 Å². The summed E-state index contributed by atoms with van der Waals surface area (Å²) >= 11 is 2.45. The van der Waals surface area contributed by atoms with Crippen LogP contribution in [0.25, 0.3) is 0 Å². The van der Waals surface area contributed by atoms with E-state index in [-0.39, 0.29) is 29.6 Å². The summed E-state index contributed by atoms with van der Waals surface area (Å²) in [4.78, 5) is 1.56. The van der Waals surface area contributed by atoms with Gasteiger partial charge in [-0.25, -0.2) is 0 Å². The first-order chi connectivity index (χ1) is 1.41. The first-order valence-electron chi connectivity index (χ1n) is 0.413. The predicted molar refractivity (Wildman–Crippen MR) is 14.5 cm³/mol. The van der Waals surface area contributed by atoms with E-state index >= 15 is 0 Å². The Kier molecular flexibility index (Phi) is 20.0. The third kappa shape index (κ3) is 12.3. The minimum Gasteiger partial charge on any atom is -0.185 e. The van der Waals surface area contributed by atoms with Gasteiger partial charge >= 0.3 is 29.6 Å². The van der Waals surface area contributed by atoms with Gasteiger partial charge in [0.15, 0.2) is 0 Å². The van der Waals surface area contributed by atoms with Crippen molar-refractivity contribution in [1.82, 2.24) is 0 Å². The maximum Gasteiger partial charge on any atom is 1.00 e. The van der Waals surface area contributed by atoms with Gasteiger partial charge in [0.1, 0.15) is 4.98 Å². The Morgan fingerprint density at radius 3 is 1.75 bits per heavy atom. The third-order valence-corrected chi connectivity index (χ3v) is 0. The molecule has 0 fully saturated rings. The molecule has 0 atom stereocenters. The molecule has 0 N–H and O–H groups in total. The molecule has 0 aliphatic carbocycles. The minimum atomic E-state index is 0. The van der Waals surface area contributed by atoms with Crippen LogP contribution in [0.2, 0.25) is 0 Å². The van der Waals surface area contributed by atoms with Crippen molar-refractivity contribution in [2.24, 2.45) is 0 Å². The maximum absolute atomic E-state index is 7.24. The van der Waals surface area contributed by atoms with Crippen molar-refractivity contribution >= 4 is 15.9 Å². The van der Waals surface area contributed by atoms with Gasteiger partial charge in [-0.1, -0.05) is 0 Å². The second-order valence-corrected chi connectivity index (χ2v) is 0.439. The average Bonchev–Trinajstić information content (AvgIpc) is 0.918. The van der Waals surface area contributed by atoms with Crippen molar-refractivity contribution in [3.8, 4) is 4.98 Å². The normalized spacial score (nSPS) is 2.00. The summed E-state index contributed by atoms with van der Waals surface area (Å²) in [6, 6.07) is 0. The Morgan fingerprint density at radius 1 is 1.75 bits per heavy atom. The number of hydrogen-bond acceptors (Lipinski definition) is 1. The van der Waals surface area contributed by atoms with Crippen molar-refractivity contribution in [3.05, 3.63) is 0 Å². The molecular weight excluding hydrogens is 129 g/mol. The molecule has 0 amide bonds.